The SMILES string of the molecule is COc1cccc(CN2CCN(S(=O)(=O)c3c(C)nn(-c4ccccc4)c3C)CC2)c1.Cl. The van der Waals surface area contributed by atoms with Crippen LogP contribution >= 0.6 is 12.4 Å². The lowest BCUT2D eigenvalue weighted by Crippen LogP contribution is -2.48. The minimum Gasteiger partial charge on any atom is -0.497 e. The predicted octanol–water partition coefficient (Wildman–Crippen LogP) is 3.43. The molecular formula is C23H29ClN4O3S. The number of aromatic nitrogens is 2. The van der Waals surface area contributed by atoms with Crippen molar-refractivity contribution in [3.05, 3.63) is 71.5 Å². The van der Waals surface area contributed by atoms with Crippen molar-refractivity contribution in [1.29, 1.82) is 0 Å². The molecule has 1 aromatic heterocycles. The summed E-state index contributed by atoms with van der Waals surface area (Å²) in [6.07, 6.45) is 0. The molecule has 3 aromatic rings. The van der Waals surface area contributed by atoms with Crippen LogP contribution in [0, 0.1) is 13.8 Å². The number of sulfonamides is 1. The second-order valence-corrected chi connectivity index (χ2v) is 9.65. The highest BCUT2D eigenvalue weighted by Gasteiger charge is 2.33. The summed E-state index contributed by atoms with van der Waals surface area (Å²) in [6, 6.07) is 17.6. The number of para-hydroxylation sites is 1. The second kappa shape index (κ2) is 10.0. The van der Waals surface area contributed by atoms with E-state index in [1.165, 1.54) is 0 Å². The Morgan fingerprint density at radius 3 is 2.31 bits per heavy atom. The van der Waals surface area contributed by atoms with Gasteiger partial charge in [-0.2, -0.15) is 9.40 Å². The van der Waals surface area contributed by atoms with Crippen LogP contribution in [0.3, 0.4) is 0 Å². The number of ether oxygens (including phenoxy) is 1. The zero-order valence-electron chi connectivity index (χ0n) is 18.6. The molecule has 0 radical (unpaired) electrons. The van der Waals surface area contributed by atoms with E-state index in [9.17, 15) is 8.42 Å². The van der Waals surface area contributed by atoms with Gasteiger partial charge in [-0.1, -0.05) is 30.3 Å². The molecule has 0 N–H and O–H groups in total. The number of hydrogen-bond acceptors (Lipinski definition) is 5. The number of halogens is 1. The molecule has 1 aliphatic heterocycles. The fourth-order valence-corrected chi connectivity index (χ4v) is 5.88. The number of hydrogen-bond donors (Lipinski definition) is 0. The second-order valence-electron chi connectivity index (χ2n) is 7.78. The van der Waals surface area contributed by atoms with E-state index >= 15 is 0 Å². The summed E-state index contributed by atoms with van der Waals surface area (Å²) in [5.41, 5.74) is 3.18. The van der Waals surface area contributed by atoms with Gasteiger partial charge in [-0.3, -0.25) is 4.90 Å². The van der Waals surface area contributed by atoms with Crippen LogP contribution in [0.1, 0.15) is 17.0 Å². The molecule has 0 aliphatic carbocycles. The summed E-state index contributed by atoms with van der Waals surface area (Å²) in [7, 11) is -1.95. The summed E-state index contributed by atoms with van der Waals surface area (Å²) >= 11 is 0. The fraction of sp³-hybridized carbons (Fsp3) is 0.348. The maximum absolute atomic E-state index is 13.5. The van der Waals surface area contributed by atoms with Crippen LogP contribution in [0.2, 0.25) is 0 Å². The van der Waals surface area contributed by atoms with E-state index in [2.05, 4.69) is 16.1 Å². The third-order valence-electron chi connectivity index (χ3n) is 5.70. The Morgan fingerprint density at radius 2 is 1.66 bits per heavy atom. The predicted molar refractivity (Wildman–Crippen MR) is 127 cm³/mol. The topological polar surface area (TPSA) is 67.7 Å². The Morgan fingerprint density at radius 1 is 0.969 bits per heavy atom. The molecule has 1 aliphatic rings. The molecule has 172 valence electrons. The standard InChI is InChI=1S/C23H28N4O3S.ClH/c1-18-23(19(2)27(24-18)21-9-5-4-6-10-21)31(28,29)26-14-12-25(13-15-26)17-20-8-7-11-22(16-20)30-3;/h4-11,16H,12-15,17H2,1-3H3;1H. The smallest absolute Gasteiger partial charge is 0.246 e. The molecule has 0 saturated carbocycles. The van der Waals surface area contributed by atoms with Gasteiger partial charge in [0.25, 0.3) is 0 Å². The van der Waals surface area contributed by atoms with Crippen molar-refractivity contribution < 1.29 is 13.2 Å². The molecule has 0 unspecified atom stereocenters. The van der Waals surface area contributed by atoms with E-state index in [4.69, 9.17) is 4.74 Å². The van der Waals surface area contributed by atoms with Crippen LogP contribution in [0.15, 0.2) is 59.5 Å². The van der Waals surface area contributed by atoms with Crippen LogP contribution < -0.4 is 4.74 Å². The van der Waals surface area contributed by atoms with Gasteiger partial charge < -0.3 is 4.74 Å². The summed E-state index contributed by atoms with van der Waals surface area (Å²) in [4.78, 5) is 2.59. The fourth-order valence-electron chi connectivity index (χ4n) is 4.11. The highest BCUT2D eigenvalue weighted by molar-refractivity contribution is 7.89. The summed E-state index contributed by atoms with van der Waals surface area (Å²) in [6.45, 7) is 6.64. The van der Waals surface area contributed by atoms with Gasteiger partial charge in [0.2, 0.25) is 10.0 Å². The van der Waals surface area contributed by atoms with Crippen molar-refractivity contribution in [3.63, 3.8) is 0 Å². The summed E-state index contributed by atoms with van der Waals surface area (Å²) < 4.78 is 35.5. The molecule has 7 nitrogen and oxygen atoms in total. The molecule has 0 amide bonds. The number of methoxy groups -OCH3 is 1. The zero-order valence-corrected chi connectivity index (χ0v) is 20.2. The van der Waals surface area contributed by atoms with Gasteiger partial charge in [-0.15, -0.1) is 12.4 Å². The van der Waals surface area contributed by atoms with Crippen molar-refractivity contribution in [2.45, 2.75) is 25.3 Å². The van der Waals surface area contributed by atoms with Gasteiger partial charge in [0.15, 0.2) is 0 Å². The normalized spacial score (nSPS) is 15.3. The maximum Gasteiger partial charge on any atom is 0.246 e. The molecule has 2 heterocycles. The summed E-state index contributed by atoms with van der Waals surface area (Å²) in [5, 5.41) is 4.52. The largest absolute Gasteiger partial charge is 0.497 e. The average Bonchev–Trinajstić information content (AvgIpc) is 3.09. The van der Waals surface area contributed by atoms with Crippen molar-refractivity contribution >= 4 is 22.4 Å². The van der Waals surface area contributed by atoms with Gasteiger partial charge in [0.1, 0.15) is 10.6 Å². The lowest BCUT2D eigenvalue weighted by atomic mass is 10.2. The van der Waals surface area contributed by atoms with E-state index in [0.29, 0.717) is 42.5 Å². The zero-order chi connectivity index (χ0) is 22.0. The van der Waals surface area contributed by atoms with Gasteiger partial charge >= 0.3 is 0 Å². The van der Waals surface area contributed by atoms with Crippen LogP contribution in [-0.4, -0.2) is 60.7 Å². The van der Waals surface area contributed by atoms with Crippen molar-refractivity contribution in [2.75, 3.05) is 33.3 Å². The molecule has 1 fully saturated rings. The van der Waals surface area contributed by atoms with Crippen LogP contribution in [0.4, 0.5) is 0 Å². The highest BCUT2D eigenvalue weighted by atomic mass is 35.5. The lowest BCUT2D eigenvalue weighted by Gasteiger charge is -2.34. The third kappa shape index (κ3) is 4.83. The van der Waals surface area contributed by atoms with E-state index in [0.717, 1.165) is 23.5 Å². The van der Waals surface area contributed by atoms with E-state index in [-0.39, 0.29) is 12.4 Å². The minimum absolute atomic E-state index is 0. The molecular weight excluding hydrogens is 448 g/mol. The molecule has 1 saturated heterocycles. The van der Waals surface area contributed by atoms with Crippen molar-refractivity contribution in [2.24, 2.45) is 0 Å². The number of piperazine rings is 1. The van der Waals surface area contributed by atoms with E-state index in [1.807, 2.05) is 55.5 Å². The molecule has 0 atom stereocenters. The Labute approximate surface area is 196 Å². The first-order chi connectivity index (χ1) is 14.9. The van der Waals surface area contributed by atoms with Gasteiger partial charge in [-0.05, 0) is 43.7 Å². The minimum atomic E-state index is -3.61. The Balaban J connectivity index is 0.00000289. The first-order valence-electron chi connectivity index (χ1n) is 10.4. The lowest BCUT2D eigenvalue weighted by molar-refractivity contribution is 0.181. The Bertz CT molecular complexity index is 1160. The molecule has 9 heteroatoms. The van der Waals surface area contributed by atoms with Crippen molar-refractivity contribution in [3.8, 4) is 11.4 Å². The molecule has 32 heavy (non-hydrogen) atoms. The third-order valence-corrected chi connectivity index (χ3v) is 7.85. The molecule has 0 spiro atoms. The summed E-state index contributed by atoms with van der Waals surface area (Å²) in [5.74, 6) is 0.833. The van der Waals surface area contributed by atoms with Crippen LogP contribution in [0.5, 0.6) is 5.75 Å². The van der Waals surface area contributed by atoms with E-state index in [1.54, 1.807) is 23.0 Å². The average molecular weight is 477 g/mol. The first-order valence-corrected chi connectivity index (χ1v) is 11.8. The number of rotatable bonds is 6. The Kier molecular flexibility index (Phi) is 7.61. The van der Waals surface area contributed by atoms with E-state index < -0.39 is 10.0 Å². The van der Waals surface area contributed by atoms with Gasteiger partial charge in [-0.25, -0.2) is 13.1 Å². The molecule has 4 rings (SSSR count). The first kappa shape index (κ1) is 24.3. The maximum atomic E-state index is 13.5. The number of nitrogens with zero attached hydrogens (tertiary/aromatic N) is 4. The number of aryl methyl sites for hydroxylation is 1. The Hall–Kier alpha value is -2.39. The molecule has 0 bridgehead atoms. The quantitative estimate of drug-likeness (QED) is 0.545. The van der Waals surface area contributed by atoms with Gasteiger partial charge in [0.05, 0.1) is 24.2 Å². The monoisotopic (exact) mass is 476 g/mol. The van der Waals surface area contributed by atoms with Crippen LogP contribution in [-0.2, 0) is 16.6 Å². The molecule has 2 aromatic carbocycles. The van der Waals surface area contributed by atoms with Crippen LogP contribution in [0.25, 0.3) is 5.69 Å². The van der Waals surface area contributed by atoms with Crippen molar-refractivity contribution in [1.82, 2.24) is 19.0 Å². The number of benzene rings is 2. The highest BCUT2D eigenvalue weighted by Crippen LogP contribution is 2.27. The van der Waals surface area contributed by atoms with Gasteiger partial charge in [0, 0.05) is 32.7 Å².